The zero-order chi connectivity index (χ0) is 25.1. The first-order valence-corrected chi connectivity index (χ1v) is 12.1. The Balaban J connectivity index is 1.50. The van der Waals surface area contributed by atoms with E-state index in [1.165, 1.54) is 0 Å². The lowest BCUT2D eigenvalue weighted by molar-refractivity contribution is 0.0728. The van der Waals surface area contributed by atoms with Crippen molar-refractivity contribution >= 4 is 11.9 Å². The molecular formula is C27H31N5O4. The highest BCUT2D eigenvalue weighted by atomic mass is 16.5. The number of para-hydroxylation sites is 3. The van der Waals surface area contributed by atoms with Crippen LogP contribution in [0.1, 0.15) is 21.6 Å². The molecule has 1 fully saturated rings. The molecule has 2 aliphatic heterocycles. The maximum Gasteiger partial charge on any atom is 0.257 e. The molecule has 0 saturated carbocycles. The summed E-state index contributed by atoms with van der Waals surface area (Å²) in [6.07, 6.45) is 0.613. The third kappa shape index (κ3) is 4.79. The molecule has 1 saturated heterocycles. The maximum atomic E-state index is 13.4. The van der Waals surface area contributed by atoms with Crippen molar-refractivity contribution in [3.63, 3.8) is 0 Å². The number of aromatic nitrogens is 2. The summed E-state index contributed by atoms with van der Waals surface area (Å²) in [4.78, 5) is 29.5. The molecule has 2 aromatic carbocycles. The van der Waals surface area contributed by atoms with Gasteiger partial charge >= 0.3 is 0 Å². The topological polar surface area (TPSA) is 80.3 Å². The van der Waals surface area contributed by atoms with Gasteiger partial charge in [0.25, 0.3) is 5.91 Å². The molecule has 36 heavy (non-hydrogen) atoms. The first-order chi connectivity index (χ1) is 17.6. The van der Waals surface area contributed by atoms with Crippen LogP contribution in [0.3, 0.4) is 0 Å². The van der Waals surface area contributed by atoms with E-state index < -0.39 is 0 Å². The van der Waals surface area contributed by atoms with Gasteiger partial charge in [0.05, 0.1) is 37.6 Å². The number of hydrogen-bond acceptors (Lipinski definition) is 8. The Morgan fingerprint density at radius 1 is 0.833 bits per heavy atom. The standard InChI is InChI=1S/C27H31N5O4/c1-30-14-16-31(17-15-30)27-28-21-12-13-32(26(33)19-8-4-5-9-22(19)34-2)18-20(21)25(29-27)36-24-11-7-6-10-23(24)35-3/h4-11H,12-18H2,1-3H3. The highest BCUT2D eigenvalue weighted by Crippen LogP contribution is 2.36. The van der Waals surface area contributed by atoms with Crippen LogP contribution in [0.15, 0.2) is 48.5 Å². The highest BCUT2D eigenvalue weighted by Gasteiger charge is 2.30. The average Bonchev–Trinajstić information content (AvgIpc) is 2.93. The van der Waals surface area contributed by atoms with Crippen LogP contribution in [0.4, 0.5) is 5.95 Å². The smallest absolute Gasteiger partial charge is 0.257 e. The van der Waals surface area contributed by atoms with Crippen LogP contribution in [0.2, 0.25) is 0 Å². The van der Waals surface area contributed by atoms with Gasteiger partial charge in [-0.3, -0.25) is 4.79 Å². The highest BCUT2D eigenvalue weighted by molar-refractivity contribution is 5.97. The number of anilines is 1. The summed E-state index contributed by atoms with van der Waals surface area (Å²) < 4.78 is 17.3. The quantitative estimate of drug-likeness (QED) is 0.522. The Bertz CT molecular complexity index is 1240. The molecule has 0 atom stereocenters. The van der Waals surface area contributed by atoms with Crippen molar-refractivity contribution in [2.45, 2.75) is 13.0 Å². The largest absolute Gasteiger partial charge is 0.496 e. The van der Waals surface area contributed by atoms with Gasteiger partial charge in [-0.1, -0.05) is 24.3 Å². The second kappa shape index (κ2) is 10.4. The molecule has 1 aromatic heterocycles. The van der Waals surface area contributed by atoms with Gasteiger partial charge in [0.2, 0.25) is 11.8 Å². The van der Waals surface area contributed by atoms with E-state index in [0.29, 0.717) is 54.2 Å². The van der Waals surface area contributed by atoms with Gasteiger partial charge in [-0.2, -0.15) is 4.98 Å². The summed E-state index contributed by atoms with van der Waals surface area (Å²) in [5, 5.41) is 0. The summed E-state index contributed by atoms with van der Waals surface area (Å²) in [7, 11) is 5.31. The number of carbonyl (C=O) groups excluding carboxylic acids is 1. The van der Waals surface area contributed by atoms with Gasteiger partial charge in [0.1, 0.15) is 5.75 Å². The molecule has 188 valence electrons. The van der Waals surface area contributed by atoms with Crippen molar-refractivity contribution in [3.8, 4) is 23.1 Å². The van der Waals surface area contributed by atoms with E-state index in [2.05, 4.69) is 16.8 Å². The summed E-state index contributed by atoms with van der Waals surface area (Å²) in [5.41, 5.74) is 2.26. The zero-order valence-electron chi connectivity index (χ0n) is 20.9. The first kappa shape index (κ1) is 23.9. The number of hydrogen-bond donors (Lipinski definition) is 0. The molecule has 0 N–H and O–H groups in total. The molecular weight excluding hydrogens is 458 g/mol. The van der Waals surface area contributed by atoms with Gasteiger partial charge < -0.3 is 28.9 Å². The SMILES string of the molecule is COc1ccccc1Oc1nc(N2CCN(C)CC2)nc2c1CN(C(=O)c1ccccc1OC)CC2. The molecule has 0 aliphatic carbocycles. The lowest BCUT2D eigenvalue weighted by Crippen LogP contribution is -2.45. The number of nitrogens with zero attached hydrogens (tertiary/aromatic N) is 5. The molecule has 9 heteroatoms. The Morgan fingerprint density at radius 3 is 2.22 bits per heavy atom. The van der Waals surface area contributed by atoms with Crippen molar-refractivity contribution in [2.75, 3.05) is 58.9 Å². The molecule has 5 rings (SSSR count). The lowest BCUT2D eigenvalue weighted by atomic mass is 10.0. The van der Waals surface area contributed by atoms with Crippen molar-refractivity contribution in [2.24, 2.45) is 0 Å². The minimum absolute atomic E-state index is 0.0931. The van der Waals surface area contributed by atoms with Crippen molar-refractivity contribution in [1.82, 2.24) is 19.8 Å². The number of amides is 1. The number of likely N-dealkylation sites (N-methyl/N-ethyl adjacent to an activating group) is 1. The Hall–Kier alpha value is -3.85. The van der Waals surface area contributed by atoms with Crippen LogP contribution in [-0.4, -0.2) is 79.7 Å². The van der Waals surface area contributed by atoms with E-state index in [-0.39, 0.29) is 5.91 Å². The van der Waals surface area contributed by atoms with E-state index in [0.717, 1.165) is 37.4 Å². The molecule has 3 aromatic rings. The Labute approximate surface area is 211 Å². The van der Waals surface area contributed by atoms with E-state index >= 15 is 0 Å². The molecule has 1 amide bonds. The third-order valence-corrected chi connectivity index (χ3v) is 6.70. The molecule has 2 aliphatic rings. The molecule has 0 spiro atoms. The van der Waals surface area contributed by atoms with Crippen LogP contribution in [0.25, 0.3) is 0 Å². The fourth-order valence-electron chi connectivity index (χ4n) is 4.58. The van der Waals surface area contributed by atoms with Crippen LogP contribution >= 0.6 is 0 Å². The molecule has 3 heterocycles. The van der Waals surface area contributed by atoms with E-state index in [4.69, 9.17) is 24.2 Å². The number of rotatable bonds is 6. The number of methoxy groups -OCH3 is 2. The van der Waals surface area contributed by atoms with Crippen LogP contribution in [0.5, 0.6) is 23.1 Å². The zero-order valence-corrected chi connectivity index (χ0v) is 20.9. The third-order valence-electron chi connectivity index (χ3n) is 6.70. The van der Waals surface area contributed by atoms with Crippen LogP contribution in [0, 0.1) is 0 Å². The van der Waals surface area contributed by atoms with Gasteiger partial charge in [0.15, 0.2) is 11.5 Å². The van der Waals surface area contributed by atoms with Gasteiger partial charge in [-0.15, -0.1) is 0 Å². The summed E-state index contributed by atoms with van der Waals surface area (Å²) in [6, 6.07) is 14.8. The lowest BCUT2D eigenvalue weighted by Gasteiger charge is -2.34. The van der Waals surface area contributed by atoms with E-state index in [1.807, 2.05) is 36.4 Å². The number of ether oxygens (including phenoxy) is 3. The van der Waals surface area contributed by atoms with E-state index in [9.17, 15) is 4.79 Å². The second-order valence-electron chi connectivity index (χ2n) is 8.97. The Kier molecular flexibility index (Phi) is 6.90. The molecule has 9 nitrogen and oxygen atoms in total. The fourth-order valence-corrected chi connectivity index (χ4v) is 4.58. The molecule has 0 radical (unpaired) electrons. The summed E-state index contributed by atoms with van der Waals surface area (Å²) in [6.45, 7) is 4.50. The van der Waals surface area contributed by atoms with Crippen molar-refractivity contribution in [1.29, 1.82) is 0 Å². The number of fused-ring (bicyclic) bond motifs is 1. The summed E-state index contributed by atoms with van der Waals surface area (Å²) >= 11 is 0. The maximum absolute atomic E-state index is 13.4. The number of piperazine rings is 1. The normalized spacial score (nSPS) is 15.9. The minimum atomic E-state index is -0.0931. The number of carbonyl (C=O) groups is 1. The van der Waals surface area contributed by atoms with Gasteiger partial charge in [0, 0.05) is 39.1 Å². The van der Waals surface area contributed by atoms with Gasteiger partial charge in [-0.05, 0) is 31.3 Å². The minimum Gasteiger partial charge on any atom is -0.496 e. The van der Waals surface area contributed by atoms with Crippen molar-refractivity contribution < 1.29 is 19.0 Å². The monoisotopic (exact) mass is 489 g/mol. The number of benzene rings is 2. The summed E-state index contributed by atoms with van der Waals surface area (Å²) in [5.74, 6) is 2.76. The molecule has 0 unspecified atom stereocenters. The van der Waals surface area contributed by atoms with E-state index in [1.54, 1.807) is 31.3 Å². The van der Waals surface area contributed by atoms with Crippen LogP contribution in [-0.2, 0) is 13.0 Å². The molecule has 0 bridgehead atoms. The van der Waals surface area contributed by atoms with Gasteiger partial charge in [-0.25, -0.2) is 4.98 Å². The predicted octanol–water partition coefficient (Wildman–Crippen LogP) is 3.24. The van der Waals surface area contributed by atoms with Crippen molar-refractivity contribution in [3.05, 3.63) is 65.4 Å². The predicted molar refractivity (Wildman–Crippen MR) is 136 cm³/mol. The Morgan fingerprint density at radius 2 is 1.50 bits per heavy atom. The van der Waals surface area contributed by atoms with Crippen LogP contribution < -0.4 is 19.1 Å². The average molecular weight is 490 g/mol. The fraction of sp³-hybridized carbons (Fsp3) is 0.370. The second-order valence-corrected chi connectivity index (χ2v) is 8.97. The first-order valence-electron chi connectivity index (χ1n) is 12.1.